The van der Waals surface area contributed by atoms with E-state index in [9.17, 15) is 13.2 Å². The molecule has 1 aromatic rings. The number of benzene rings is 1. The van der Waals surface area contributed by atoms with E-state index in [0.29, 0.717) is 39.1 Å². The highest BCUT2D eigenvalue weighted by atomic mass is 19.4. The first-order valence-electron chi connectivity index (χ1n) is 8.57. The van der Waals surface area contributed by atoms with Crippen molar-refractivity contribution in [2.75, 3.05) is 31.2 Å². The zero-order chi connectivity index (χ0) is 17.9. The van der Waals surface area contributed by atoms with Crippen LogP contribution in [0.15, 0.2) is 18.2 Å². The molecule has 4 nitrogen and oxygen atoms in total. The van der Waals surface area contributed by atoms with Crippen LogP contribution in [-0.2, 0) is 15.7 Å². The van der Waals surface area contributed by atoms with Gasteiger partial charge in [-0.25, -0.2) is 0 Å². The molecule has 0 unspecified atom stereocenters. The van der Waals surface area contributed by atoms with Crippen LogP contribution >= 0.6 is 0 Å². The summed E-state index contributed by atoms with van der Waals surface area (Å²) in [5.41, 5.74) is -0.352. The minimum atomic E-state index is -4.43. The predicted molar refractivity (Wildman–Crippen MR) is 86.3 cm³/mol. The van der Waals surface area contributed by atoms with E-state index in [1.807, 2.05) is 6.07 Å². The van der Waals surface area contributed by atoms with Crippen LogP contribution in [0, 0.1) is 11.3 Å². The fraction of sp³-hybridized carbons (Fsp3) is 0.611. The monoisotopic (exact) mass is 354 g/mol. The lowest BCUT2D eigenvalue weighted by molar-refractivity contribution is -0.137. The molecule has 2 aliphatic heterocycles. The second-order valence-corrected chi connectivity index (χ2v) is 6.48. The average molecular weight is 354 g/mol. The van der Waals surface area contributed by atoms with Gasteiger partial charge < -0.3 is 14.4 Å². The fourth-order valence-corrected chi connectivity index (χ4v) is 3.42. The van der Waals surface area contributed by atoms with Crippen molar-refractivity contribution >= 4 is 5.69 Å². The Labute approximate surface area is 145 Å². The molecular weight excluding hydrogens is 333 g/mol. The normalized spacial score (nSPS) is 20.5. The summed E-state index contributed by atoms with van der Waals surface area (Å²) in [6.07, 6.45) is -1.04. The molecule has 3 rings (SSSR count). The number of halogens is 3. The van der Waals surface area contributed by atoms with Crippen LogP contribution in [0.3, 0.4) is 0 Å². The minimum Gasteiger partial charge on any atom is -0.381 e. The summed E-state index contributed by atoms with van der Waals surface area (Å²) in [6, 6.07) is 5.47. The average Bonchev–Trinajstić information content (AvgIpc) is 2.62. The molecule has 0 spiro atoms. The van der Waals surface area contributed by atoms with E-state index < -0.39 is 11.7 Å². The van der Waals surface area contributed by atoms with Gasteiger partial charge in [0.15, 0.2) is 0 Å². The SMILES string of the molecule is N#Cc1ccc(C(F)(F)F)c(N2CCC(OC3CCOCC3)CC2)c1. The van der Waals surface area contributed by atoms with Crippen LogP contribution in [0.25, 0.3) is 0 Å². The predicted octanol–water partition coefficient (Wildman–Crippen LogP) is 3.74. The molecule has 2 saturated heterocycles. The summed E-state index contributed by atoms with van der Waals surface area (Å²) in [6.45, 7) is 2.40. The van der Waals surface area contributed by atoms with Crippen molar-refractivity contribution in [1.82, 2.24) is 0 Å². The fourth-order valence-electron chi connectivity index (χ4n) is 3.42. The maximum Gasteiger partial charge on any atom is 0.418 e. The quantitative estimate of drug-likeness (QED) is 0.830. The largest absolute Gasteiger partial charge is 0.418 e. The van der Waals surface area contributed by atoms with Crippen molar-refractivity contribution in [2.45, 2.75) is 44.1 Å². The molecule has 0 saturated carbocycles. The minimum absolute atomic E-state index is 0.0767. The molecule has 0 bridgehead atoms. The zero-order valence-corrected chi connectivity index (χ0v) is 13.9. The molecule has 0 amide bonds. The molecule has 0 aliphatic carbocycles. The zero-order valence-electron chi connectivity index (χ0n) is 13.9. The van der Waals surface area contributed by atoms with Gasteiger partial charge >= 0.3 is 6.18 Å². The first-order valence-corrected chi connectivity index (χ1v) is 8.57. The van der Waals surface area contributed by atoms with Gasteiger partial charge in [-0.15, -0.1) is 0 Å². The highest BCUT2D eigenvalue weighted by molar-refractivity contribution is 5.59. The Kier molecular flexibility index (Phi) is 5.50. The van der Waals surface area contributed by atoms with Crippen LogP contribution in [-0.4, -0.2) is 38.5 Å². The number of nitriles is 1. The highest BCUT2D eigenvalue weighted by Crippen LogP contribution is 2.38. The lowest BCUT2D eigenvalue weighted by Crippen LogP contribution is -2.40. The summed E-state index contributed by atoms with van der Waals surface area (Å²) in [5, 5.41) is 9.00. The summed E-state index contributed by atoms with van der Waals surface area (Å²) in [5.74, 6) is 0. The number of hydrogen-bond acceptors (Lipinski definition) is 4. The van der Waals surface area contributed by atoms with E-state index in [-0.39, 0.29) is 23.5 Å². The molecule has 2 heterocycles. The summed E-state index contributed by atoms with van der Waals surface area (Å²) >= 11 is 0. The van der Waals surface area contributed by atoms with Gasteiger partial charge in [-0.2, -0.15) is 18.4 Å². The molecule has 0 aromatic heterocycles. The number of alkyl halides is 3. The van der Waals surface area contributed by atoms with E-state index in [1.54, 1.807) is 4.90 Å². The standard InChI is InChI=1S/C18H21F3N2O2/c19-18(20,21)16-2-1-13(12-22)11-17(16)23-7-3-14(4-8-23)25-15-5-9-24-10-6-15/h1-2,11,14-15H,3-10H2. The van der Waals surface area contributed by atoms with Crippen molar-refractivity contribution in [1.29, 1.82) is 5.26 Å². The van der Waals surface area contributed by atoms with E-state index >= 15 is 0 Å². The maximum absolute atomic E-state index is 13.3. The summed E-state index contributed by atoms with van der Waals surface area (Å²) in [7, 11) is 0. The van der Waals surface area contributed by atoms with Gasteiger partial charge in [-0.1, -0.05) is 0 Å². The highest BCUT2D eigenvalue weighted by Gasteiger charge is 2.36. The van der Waals surface area contributed by atoms with Crippen molar-refractivity contribution in [3.05, 3.63) is 29.3 Å². The number of rotatable bonds is 3. The third-order valence-corrected chi connectivity index (χ3v) is 4.77. The second-order valence-electron chi connectivity index (χ2n) is 6.48. The molecule has 25 heavy (non-hydrogen) atoms. The van der Waals surface area contributed by atoms with Gasteiger partial charge in [0.05, 0.1) is 35.1 Å². The molecule has 0 atom stereocenters. The van der Waals surface area contributed by atoms with Gasteiger partial charge in [0.25, 0.3) is 0 Å². The summed E-state index contributed by atoms with van der Waals surface area (Å²) in [4.78, 5) is 1.72. The Hall–Kier alpha value is -1.78. The number of ether oxygens (including phenoxy) is 2. The van der Waals surface area contributed by atoms with Crippen molar-refractivity contribution in [3.8, 4) is 6.07 Å². The number of piperidine rings is 1. The lowest BCUT2D eigenvalue weighted by atomic mass is 10.0. The number of nitrogens with zero attached hydrogens (tertiary/aromatic N) is 2. The van der Waals surface area contributed by atoms with Crippen LogP contribution in [0.2, 0.25) is 0 Å². The molecule has 2 fully saturated rings. The first-order chi connectivity index (χ1) is 12.0. The van der Waals surface area contributed by atoms with Gasteiger partial charge in [-0.3, -0.25) is 0 Å². The van der Waals surface area contributed by atoms with Crippen molar-refractivity contribution in [2.24, 2.45) is 0 Å². The Bertz CT molecular complexity index is 628. The van der Waals surface area contributed by atoms with Crippen LogP contribution in [0.5, 0.6) is 0 Å². The second kappa shape index (κ2) is 7.63. The van der Waals surface area contributed by atoms with Gasteiger partial charge in [-0.05, 0) is 43.9 Å². The lowest BCUT2D eigenvalue weighted by Gasteiger charge is -2.37. The molecule has 1 aromatic carbocycles. The first kappa shape index (κ1) is 18.0. The van der Waals surface area contributed by atoms with E-state index in [2.05, 4.69) is 0 Å². The molecule has 7 heteroatoms. The Morgan fingerprint density at radius 2 is 1.72 bits per heavy atom. The third-order valence-electron chi connectivity index (χ3n) is 4.77. The number of anilines is 1. The Morgan fingerprint density at radius 1 is 1.08 bits per heavy atom. The Balaban J connectivity index is 1.67. The van der Waals surface area contributed by atoms with Gasteiger partial charge in [0.1, 0.15) is 0 Å². The molecule has 136 valence electrons. The summed E-state index contributed by atoms with van der Waals surface area (Å²) < 4.78 is 51.2. The smallest absolute Gasteiger partial charge is 0.381 e. The van der Waals surface area contributed by atoms with Crippen LogP contribution in [0.4, 0.5) is 18.9 Å². The molecular formula is C18H21F3N2O2. The molecule has 0 N–H and O–H groups in total. The molecule has 2 aliphatic rings. The van der Waals surface area contributed by atoms with Gasteiger partial charge in [0, 0.05) is 26.3 Å². The van der Waals surface area contributed by atoms with E-state index in [1.165, 1.54) is 12.1 Å². The third kappa shape index (κ3) is 4.44. The Morgan fingerprint density at radius 3 is 2.32 bits per heavy atom. The van der Waals surface area contributed by atoms with Gasteiger partial charge in [0.2, 0.25) is 0 Å². The van der Waals surface area contributed by atoms with E-state index in [0.717, 1.165) is 18.9 Å². The topological polar surface area (TPSA) is 45.5 Å². The number of hydrogen-bond donors (Lipinski definition) is 0. The van der Waals surface area contributed by atoms with Crippen molar-refractivity contribution in [3.63, 3.8) is 0 Å². The van der Waals surface area contributed by atoms with Crippen LogP contribution in [0.1, 0.15) is 36.8 Å². The van der Waals surface area contributed by atoms with Crippen LogP contribution < -0.4 is 4.90 Å². The van der Waals surface area contributed by atoms with E-state index in [4.69, 9.17) is 14.7 Å². The maximum atomic E-state index is 13.3. The molecule has 0 radical (unpaired) electrons. The van der Waals surface area contributed by atoms with Crippen molar-refractivity contribution < 1.29 is 22.6 Å².